The Hall–Kier alpha value is -3.70. The number of aromatic carboxylic acids is 1. The number of imidazole rings is 1. The third-order valence-electron chi connectivity index (χ3n) is 7.14. The zero-order chi connectivity index (χ0) is 25.1. The first-order chi connectivity index (χ1) is 17.5. The molecule has 1 aliphatic carbocycles. The number of hydrogen-bond donors (Lipinski definition) is 2. The molecule has 0 bridgehead atoms. The number of hydrogen-bond acceptors (Lipinski definition) is 3. The van der Waals surface area contributed by atoms with Crippen molar-refractivity contribution in [1.29, 1.82) is 0 Å². The van der Waals surface area contributed by atoms with Gasteiger partial charge in [-0.25, -0.2) is 9.78 Å². The molecule has 3 aromatic carbocycles. The lowest BCUT2D eigenvalue weighted by atomic mass is 9.92. The monoisotopic (exact) mass is 479 g/mol. The number of fused-ring (bicyclic) bond motifs is 1. The number of aromatic nitrogens is 2. The van der Waals surface area contributed by atoms with Crippen LogP contribution in [-0.2, 0) is 0 Å². The van der Waals surface area contributed by atoms with Crippen LogP contribution in [0.4, 0.5) is 0 Å². The summed E-state index contributed by atoms with van der Waals surface area (Å²) in [4.78, 5) is 22.3. The lowest BCUT2D eigenvalue weighted by molar-refractivity contribution is 0.0697. The summed E-state index contributed by atoms with van der Waals surface area (Å²) in [6, 6.07) is 22.2. The summed E-state index contributed by atoms with van der Waals surface area (Å²) in [5.74, 6) is -0.0559. The van der Waals surface area contributed by atoms with Crippen LogP contribution in [0, 0.1) is 0 Å². The van der Waals surface area contributed by atoms with Gasteiger partial charge in [-0.2, -0.15) is 0 Å². The van der Waals surface area contributed by atoms with E-state index in [2.05, 4.69) is 72.4 Å². The predicted molar refractivity (Wildman–Crippen MR) is 146 cm³/mol. The molecule has 1 aliphatic rings. The molecule has 184 valence electrons. The van der Waals surface area contributed by atoms with Gasteiger partial charge in [0.15, 0.2) is 0 Å². The van der Waals surface area contributed by atoms with Crippen molar-refractivity contribution in [1.82, 2.24) is 14.9 Å². The van der Waals surface area contributed by atoms with Gasteiger partial charge >= 0.3 is 5.97 Å². The summed E-state index contributed by atoms with van der Waals surface area (Å²) < 4.78 is 0. The molecule has 1 atom stereocenters. The molecule has 4 aromatic rings. The van der Waals surface area contributed by atoms with Crippen LogP contribution in [0.5, 0.6) is 0 Å². The Kier molecular flexibility index (Phi) is 7.01. The maximum absolute atomic E-state index is 11.4. The van der Waals surface area contributed by atoms with Crippen molar-refractivity contribution in [3.8, 4) is 11.1 Å². The van der Waals surface area contributed by atoms with Crippen LogP contribution in [0.15, 0.2) is 72.8 Å². The predicted octanol–water partition coefficient (Wildman–Crippen LogP) is 7.32. The highest BCUT2D eigenvalue weighted by Crippen LogP contribution is 2.34. The third kappa shape index (κ3) is 4.84. The normalized spacial score (nSPS) is 14.7. The molecule has 5 nitrogen and oxygen atoms in total. The molecule has 5 heteroatoms. The lowest BCUT2D eigenvalue weighted by Crippen LogP contribution is -2.27. The molecule has 0 spiro atoms. The van der Waals surface area contributed by atoms with Gasteiger partial charge in [0.25, 0.3) is 0 Å². The van der Waals surface area contributed by atoms with Gasteiger partial charge in [-0.05, 0) is 86.2 Å². The molecule has 2 N–H and O–H groups in total. The maximum atomic E-state index is 11.4. The fraction of sp³-hybridized carbons (Fsp3) is 0.290. The van der Waals surface area contributed by atoms with E-state index in [9.17, 15) is 9.90 Å². The maximum Gasteiger partial charge on any atom is 0.335 e. The van der Waals surface area contributed by atoms with E-state index in [1.54, 1.807) is 12.1 Å². The average molecular weight is 480 g/mol. The Labute approximate surface area is 212 Å². The van der Waals surface area contributed by atoms with Gasteiger partial charge in [0.2, 0.25) is 0 Å². The molecule has 36 heavy (non-hydrogen) atoms. The molecule has 0 radical (unpaired) electrons. The van der Waals surface area contributed by atoms with E-state index in [1.165, 1.54) is 30.4 Å². The van der Waals surface area contributed by atoms with Crippen LogP contribution in [-0.4, -0.2) is 39.5 Å². The molecule has 5 rings (SSSR count). The van der Waals surface area contributed by atoms with Gasteiger partial charge < -0.3 is 10.1 Å². The Morgan fingerprint density at radius 3 is 2.44 bits per heavy atom. The van der Waals surface area contributed by atoms with Crippen LogP contribution >= 0.6 is 0 Å². The molecule has 0 saturated heterocycles. The number of allylic oxidation sites excluding steroid dienone is 2. The van der Waals surface area contributed by atoms with Gasteiger partial charge in [0.05, 0.1) is 22.6 Å². The second kappa shape index (κ2) is 10.5. The highest BCUT2D eigenvalue weighted by molar-refractivity contribution is 5.92. The first-order valence-electron chi connectivity index (χ1n) is 12.9. The lowest BCUT2D eigenvalue weighted by Gasteiger charge is -2.26. The fourth-order valence-corrected chi connectivity index (χ4v) is 5.29. The highest BCUT2D eigenvalue weighted by atomic mass is 16.4. The number of H-pyrrole nitrogens is 1. The van der Waals surface area contributed by atoms with Crippen molar-refractivity contribution in [3.05, 3.63) is 95.3 Å². The average Bonchev–Trinajstić information content (AvgIpc) is 3.34. The number of carboxylic acid groups (broad SMARTS) is 1. The zero-order valence-corrected chi connectivity index (χ0v) is 21.0. The van der Waals surface area contributed by atoms with Gasteiger partial charge in [0.1, 0.15) is 5.82 Å². The third-order valence-corrected chi connectivity index (χ3v) is 7.14. The standard InChI is InChI=1S/C31H33N3O2/c1-3-20-34(2)29(24-16-18-25(19-17-24)31(35)36)30-32-27-11-7-10-26(28(27)33-30)23-14-12-22(13-15-23)21-8-5-4-6-9-21/h7-8,10-19,29H,3-6,9,20H2,1-2H3,(H,32,33)(H,35,36). The molecule has 0 saturated carbocycles. The molecule has 1 heterocycles. The zero-order valence-electron chi connectivity index (χ0n) is 21.0. The van der Waals surface area contributed by atoms with Crippen molar-refractivity contribution in [2.75, 3.05) is 13.6 Å². The number of aromatic amines is 1. The van der Waals surface area contributed by atoms with Crippen molar-refractivity contribution in [2.24, 2.45) is 0 Å². The number of nitrogens with zero attached hydrogens (tertiary/aromatic N) is 2. The molecule has 0 fully saturated rings. The van der Waals surface area contributed by atoms with E-state index in [0.717, 1.165) is 52.9 Å². The SMILES string of the molecule is CCCN(C)C(c1ccc(C(=O)O)cc1)c1nc2c(-c3ccc(C4=CCCCC4)cc3)cccc2[nH]1. The highest BCUT2D eigenvalue weighted by Gasteiger charge is 2.23. The van der Waals surface area contributed by atoms with Crippen molar-refractivity contribution in [2.45, 2.75) is 45.1 Å². The summed E-state index contributed by atoms with van der Waals surface area (Å²) in [6.45, 7) is 3.05. The minimum atomic E-state index is -0.917. The van der Waals surface area contributed by atoms with Gasteiger partial charge in [-0.1, -0.05) is 61.5 Å². The number of para-hydroxylation sites is 1. The Balaban J connectivity index is 1.53. The number of rotatable bonds is 8. The largest absolute Gasteiger partial charge is 0.478 e. The van der Waals surface area contributed by atoms with E-state index in [0.29, 0.717) is 0 Å². The minimum Gasteiger partial charge on any atom is -0.478 e. The molecular formula is C31H33N3O2. The fourth-order valence-electron chi connectivity index (χ4n) is 5.29. The van der Waals surface area contributed by atoms with E-state index < -0.39 is 5.97 Å². The first-order valence-corrected chi connectivity index (χ1v) is 12.9. The van der Waals surface area contributed by atoms with Crippen molar-refractivity contribution >= 4 is 22.6 Å². The minimum absolute atomic E-state index is 0.103. The Bertz CT molecular complexity index is 1380. The second-order valence-electron chi connectivity index (χ2n) is 9.69. The van der Waals surface area contributed by atoms with Crippen molar-refractivity contribution in [3.63, 3.8) is 0 Å². The van der Waals surface area contributed by atoms with E-state index in [-0.39, 0.29) is 11.6 Å². The summed E-state index contributed by atoms with van der Waals surface area (Å²) in [5, 5.41) is 9.32. The number of carboxylic acids is 1. The molecule has 1 aromatic heterocycles. The van der Waals surface area contributed by atoms with Crippen LogP contribution < -0.4 is 0 Å². The summed E-state index contributed by atoms with van der Waals surface area (Å²) in [6.07, 6.45) is 8.30. The first kappa shape index (κ1) is 24.0. The number of nitrogens with one attached hydrogen (secondary N) is 1. The summed E-state index contributed by atoms with van der Waals surface area (Å²) in [7, 11) is 2.09. The summed E-state index contributed by atoms with van der Waals surface area (Å²) in [5.41, 5.74) is 8.30. The van der Waals surface area contributed by atoms with Crippen LogP contribution in [0.25, 0.3) is 27.7 Å². The van der Waals surface area contributed by atoms with Crippen molar-refractivity contribution < 1.29 is 9.90 Å². The number of carbonyl (C=O) groups is 1. The Morgan fingerprint density at radius 2 is 1.78 bits per heavy atom. The molecular weight excluding hydrogens is 446 g/mol. The molecule has 1 unspecified atom stereocenters. The van der Waals surface area contributed by atoms with E-state index in [4.69, 9.17) is 4.98 Å². The van der Waals surface area contributed by atoms with Gasteiger partial charge in [-0.3, -0.25) is 4.90 Å². The summed E-state index contributed by atoms with van der Waals surface area (Å²) >= 11 is 0. The Morgan fingerprint density at radius 1 is 1.03 bits per heavy atom. The van der Waals surface area contributed by atoms with Crippen LogP contribution in [0.1, 0.15) is 72.4 Å². The quantitative estimate of drug-likeness (QED) is 0.278. The van der Waals surface area contributed by atoms with Crippen LogP contribution in [0.2, 0.25) is 0 Å². The van der Waals surface area contributed by atoms with Gasteiger partial charge in [0, 0.05) is 5.56 Å². The molecule has 0 aliphatic heterocycles. The topological polar surface area (TPSA) is 69.2 Å². The smallest absolute Gasteiger partial charge is 0.335 e. The van der Waals surface area contributed by atoms with E-state index >= 15 is 0 Å². The van der Waals surface area contributed by atoms with E-state index in [1.807, 2.05) is 12.1 Å². The molecule has 0 amide bonds. The second-order valence-corrected chi connectivity index (χ2v) is 9.69. The van der Waals surface area contributed by atoms with Crippen LogP contribution in [0.3, 0.4) is 0 Å². The number of benzene rings is 3. The van der Waals surface area contributed by atoms with Gasteiger partial charge in [-0.15, -0.1) is 0 Å².